The highest BCUT2D eigenvalue weighted by molar-refractivity contribution is 6.30. The van der Waals surface area contributed by atoms with Crippen LogP contribution in [0, 0.1) is 5.82 Å². The summed E-state index contributed by atoms with van der Waals surface area (Å²) < 4.78 is 13.1. The molecule has 1 aromatic carbocycles. The number of hydrogen-bond donors (Lipinski definition) is 1. The summed E-state index contributed by atoms with van der Waals surface area (Å²) in [7, 11) is 0. The largest absolute Gasteiger partial charge is 0.329 e. The zero-order valence-electron chi connectivity index (χ0n) is 9.83. The van der Waals surface area contributed by atoms with E-state index in [0.717, 1.165) is 38.0 Å². The Morgan fingerprint density at radius 3 is 2.65 bits per heavy atom. The van der Waals surface area contributed by atoms with Gasteiger partial charge in [0.1, 0.15) is 5.82 Å². The Morgan fingerprint density at radius 1 is 1.35 bits per heavy atom. The van der Waals surface area contributed by atoms with Crippen LogP contribution in [0.1, 0.15) is 24.3 Å². The zero-order chi connectivity index (χ0) is 12.3. The fourth-order valence-corrected chi connectivity index (χ4v) is 2.63. The van der Waals surface area contributed by atoms with Gasteiger partial charge in [0.05, 0.1) is 5.02 Å². The number of rotatable bonds is 3. The summed E-state index contributed by atoms with van der Waals surface area (Å²) in [6.45, 7) is 3.82. The number of hydrogen-bond acceptors (Lipinski definition) is 2. The molecule has 1 fully saturated rings. The molecule has 0 amide bonds. The maximum absolute atomic E-state index is 13.1. The van der Waals surface area contributed by atoms with Crippen LogP contribution < -0.4 is 5.73 Å². The van der Waals surface area contributed by atoms with Gasteiger partial charge in [0.25, 0.3) is 0 Å². The first-order valence-electron chi connectivity index (χ1n) is 6.08. The molecule has 2 N–H and O–H groups in total. The first-order chi connectivity index (χ1) is 8.20. The molecule has 0 bridgehead atoms. The van der Waals surface area contributed by atoms with Gasteiger partial charge in [-0.05, 0) is 49.5 Å². The van der Waals surface area contributed by atoms with Gasteiger partial charge in [-0.3, -0.25) is 0 Å². The fourth-order valence-electron chi connectivity index (χ4n) is 2.44. The van der Waals surface area contributed by atoms with E-state index in [9.17, 15) is 4.39 Å². The summed E-state index contributed by atoms with van der Waals surface area (Å²) in [5, 5.41) is 0.229. The van der Waals surface area contributed by atoms with Gasteiger partial charge in [-0.1, -0.05) is 17.7 Å². The lowest BCUT2D eigenvalue weighted by Crippen LogP contribution is -2.36. The molecule has 1 heterocycles. The molecule has 0 spiro atoms. The fraction of sp³-hybridized carbons (Fsp3) is 0.538. The van der Waals surface area contributed by atoms with Crippen molar-refractivity contribution in [1.29, 1.82) is 0 Å². The molecule has 0 aliphatic carbocycles. The minimum Gasteiger partial charge on any atom is -0.329 e. The van der Waals surface area contributed by atoms with Crippen LogP contribution in [-0.4, -0.2) is 31.1 Å². The quantitative estimate of drug-likeness (QED) is 0.901. The number of piperidine rings is 1. The first-order valence-corrected chi connectivity index (χ1v) is 6.46. The molecule has 1 aliphatic heterocycles. The highest BCUT2D eigenvalue weighted by Crippen LogP contribution is 2.30. The maximum atomic E-state index is 13.1. The summed E-state index contributed by atoms with van der Waals surface area (Å²) in [6.07, 6.45) is 2.20. The molecular formula is C13H18ClFN2. The summed E-state index contributed by atoms with van der Waals surface area (Å²) in [6, 6.07) is 5.08. The highest BCUT2D eigenvalue weighted by atomic mass is 35.5. The molecule has 0 saturated carbocycles. The number of benzene rings is 1. The Hall–Kier alpha value is -0.640. The zero-order valence-corrected chi connectivity index (χ0v) is 10.6. The highest BCUT2D eigenvalue weighted by Gasteiger charge is 2.20. The lowest BCUT2D eigenvalue weighted by molar-refractivity contribution is 0.217. The summed E-state index contributed by atoms with van der Waals surface area (Å²) >= 11 is 5.81. The first kappa shape index (κ1) is 12.8. The van der Waals surface area contributed by atoms with Crippen molar-refractivity contribution in [3.8, 4) is 0 Å². The van der Waals surface area contributed by atoms with Gasteiger partial charge in [-0.15, -0.1) is 0 Å². The van der Waals surface area contributed by atoms with Crippen molar-refractivity contribution in [1.82, 2.24) is 4.90 Å². The summed E-state index contributed by atoms with van der Waals surface area (Å²) in [4.78, 5) is 2.38. The van der Waals surface area contributed by atoms with Crippen LogP contribution in [0.3, 0.4) is 0 Å². The molecule has 2 rings (SSSR count). The van der Waals surface area contributed by atoms with E-state index in [-0.39, 0.29) is 10.8 Å². The van der Waals surface area contributed by atoms with Crippen LogP contribution in [0.25, 0.3) is 0 Å². The third kappa shape index (κ3) is 3.18. The molecular weight excluding hydrogens is 239 g/mol. The Balaban J connectivity index is 1.98. The van der Waals surface area contributed by atoms with Gasteiger partial charge in [-0.25, -0.2) is 4.39 Å². The van der Waals surface area contributed by atoms with Gasteiger partial charge in [0.15, 0.2) is 0 Å². The second-order valence-electron chi connectivity index (χ2n) is 4.58. The monoisotopic (exact) mass is 256 g/mol. The summed E-state index contributed by atoms with van der Waals surface area (Å²) in [5.41, 5.74) is 6.70. The van der Waals surface area contributed by atoms with Crippen LogP contribution in [0.4, 0.5) is 4.39 Å². The average Bonchev–Trinajstić information content (AvgIpc) is 2.34. The van der Waals surface area contributed by atoms with E-state index in [1.165, 1.54) is 6.07 Å². The second-order valence-corrected chi connectivity index (χ2v) is 4.99. The van der Waals surface area contributed by atoms with Crippen molar-refractivity contribution in [2.45, 2.75) is 18.8 Å². The van der Waals surface area contributed by atoms with E-state index >= 15 is 0 Å². The van der Waals surface area contributed by atoms with Gasteiger partial charge in [0, 0.05) is 13.1 Å². The van der Waals surface area contributed by atoms with Crippen molar-refractivity contribution in [2.24, 2.45) is 5.73 Å². The SMILES string of the molecule is NCCN1CCC(c2ccc(F)c(Cl)c2)CC1. The molecule has 0 radical (unpaired) electrons. The van der Waals surface area contributed by atoms with Crippen molar-refractivity contribution >= 4 is 11.6 Å². The minimum absolute atomic E-state index is 0.229. The van der Waals surface area contributed by atoms with Crippen LogP contribution in [0.15, 0.2) is 18.2 Å². The number of halogens is 2. The number of likely N-dealkylation sites (tertiary alicyclic amines) is 1. The molecule has 0 unspecified atom stereocenters. The van der Waals surface area contributed by atoms with Gasteiger partial charge in [-0.2, -0.15) is 0 Å². The molecule has 4 heteroatoms. The van der Waals surface area contributed by atoms with Gasteiger partial charge in [0.2, 0.25) is 0 Å². The Kier molecular flexibility index (Phi) is 4.37. The van der Waals surface area contributed by atoms with Crippen LogP contribution >= 0.6 is 11.6 Å². The molecule has 0 aromatic heterocycles. The predicted molar refractivity (Wildman–Crippen MR) is 68.9 cm³/mol. The second kappa shape index (κ2) is 5.80. The van der Waals surface area contributed by atoms with E-state index in [1.54, 1.807) is 6.07 Å². The lowest BCUT2D eigenvalue weighted by Gasteiger charge is -2.31. The third-order valence-corrected chi connectivity index (χ3v) is 3.74. The van der Waals surface area contributed by atoms with E-state index in [2.05, 4.69) is 4.90 Å². The van der Waals surface area contributed by atoms with Crippen molar-refractivity contribution < 1.29 is 4.39 Å². The van der Waals surface area contributed by atoms with E-state index < -0.39 is 0 Å². The standard InChI is InChI=1S/C13H18ClFN2/c14-12-9-11(1-2-13(12)15)10-3-6-17(7-4-10)8-5-16/h1-2,9-10H,3-8,16H2. The Morgan fingerprint density at radius 2 is 2.06 bits per heavy atom. The van der Waals surface area contributed by atoms with Gasteiger partial charge >= 0.3 is 0 Å². The topological polar surface area (TPSA) is 29.3 Å². The normalized spacial score (nSPS) is 18.5. The minimum atomic E-state index is -0.337. The Bertz CT molecular complexity index is 376. The van der Waals surface area contributed by atoms with Crippen molar-refractivity contribution in [2.75, 3.05) is 26.2 Å². The molecule has 1 aliphatic rings. The van der Waals surface area contributed by atoms with E-state index in [4.69, 9.17) is 17.3 Å². The number of nitrogens with zero attached hydrogens (tertiary/aromatic N) is 1. The lowest BCUT2D eigenvalue weighted by atomic mass is 9.89. The predicted octanol–water partition coefficient (Wildman–Crippen LogP) is 2.62. The molecule has 94 valence electrons. The molecule has 17 heavy (non-hydrogen) atoms. The van der Waals surface area contributed by atoms with E-state index in [0.29, 0.717) is 12.5 Å². The van der Waals surface area contributed by atoms with Crippen molar-refractivity contribution in [3.05, 3.63) is 34.6 Å². The van der Waals surface area contributed by atoms with Crippen LogP contribution in [-0.2, 0) is 0 Å². The maximum Gasteiger partial charge on any atom is 0.141 e. The molecule has 0 atom stereocenters. The molecule has 1 saturated heterocycles. The molecule has 2 nitrogen and oxygen atoms in total. The van der Waals surface area contributed by atoms with Crippen molar-refractivity contribution in [3.63, 3.8) is 0 Å². The smallest absolute Gasteiger partial charge is 0.141 e. The van der Waals surface area contributed by atoms with E-state index in [1.807, 2.05) is 6.07 Å². The summed E-state index contributed by atoms with van der Waals surface area (Å²) in [5.74, 6) is 0.165. The average molecular weight is 257 g/mol. The Labute approximate surface area is 107 Å². The van der Waals surface area contributed by atoms with Gasteiger partial charge < -0.3 is 10.6 Å². The number of nitrogens with two attached hydrogens (primary N) is 1. The van der Waals surface area contributed by atoms with Crippen LogP contribution in [0.2, 0.25) is 5.02 Å². The van der Waals surface area contributed by atoms with Crippen LogP contribution in [0.5, 0.6) is 0 Å². The third-order valence-electron chi connectivity index (χ3n) is 3.45. The molecule has 1 aromatic rings.